The smallest absolute Gasteiger partial charge is 0.415 e. The van der Waals surface area contributed by atoms with Crippen molar-refractivity contribution in [1.82, 2.24) is 10.2 Å². The zero-order chi connectivity index (χ0) is 22.6. The van der Waals surface area contributed by atoms with Crippen LogP contribution in [0.1, 0.15) is 27.7 Å². The molecule has 1 amide bonds. The molecular weight excluding hydrogens is 401 g/mol. The average molecular weight is 432 g/mol. The van der Waals surface area contributed by atoms with Gasteiger partial charge in [-0.2, -0.15) is 13.2 Å². The lowest BCUT2D eigenvalue weighted by Gasteiger charge is -2.56. The Labute approximate surface area is 174 Å². The molecule has 0 aromatic rings. The Kier molecular flexibility index (Phi) is 5.66. The third kappa shape index (κ3) is 3.92. The maximum atomic E-state index is 14.0. The summed E-state index contributed by atoms with van der Waals surface area (Å²) < 4.78 is 53.4. The molecule has 1 saturated heterocycles. The van der Waals surface area contributed by atoms with Gasteiger partial charge in [0.05, 0.1) is 12.0 Å². The molecule has 0 aromatic heterocycles. The van der Waals surface area contributed by atoms with E-state index in [1.807, 2.05) is 37.9 Å². The number of nitrogens with zero attached hydrogens (tertiary/aromatic N) is 1. The van der Waals surface area contributed by atoms with Crippen LogP contribution in [0.5, 0.6) is 0 Å². The highest BCUT2D eigenvalue weighted by atomic mass is 19.4. The van der Waals surface area contributed by atoms with Gasteiger partial charge in [-0.1, -0.05) is 32.9 Å². The van der Waals surface area contributed by atoms with Crippen molar-refractivity contribution in [2.75, 3.05) is 7.05 Å². The molecule has 8 unspecified atom stereocenters. The van der Waals surface area contributed by atoms with E-state index in [0.717, 1.165) is 0 Å². The number of amides is 1. The lowest BCUT2D eigenvalue weighted by Crippen LogP contribution is -2.68. The standard InChI is InChI=1S/C20H31F3N4O3/c1-10-6-7-18(3,17-27(5)8-9-29-17)13-11(2)12(16(28)26-19(4,24)25)15(20(21,22)23)30-14(10)13/h6-15,17H,24-25H2,1-5H3,(H,26,28). The Hall–Kier alpha value is -1.78. The van der Waals surface area contributed by atoms with Gasteiger partial charge < -0.3 is 19.7 Å². The highest BCUT2D eigenvalue weighted by Gasteiger charge is 2.63. The average Bonchev–Trinajstić information content (AvgIpc) is 3.02. The summed E-state index contributed by atoms with van der Waals surface area (Å²) in [5, 5.41) is 2.30. The van der Waals surface area contributed by atoms with Crippen LogP contribution in [0.4, 0.5) is 13.2 Å². The predicted octanol–water partition coefficient (Wildman–Crippen LogP) is 1.86. The van der Waals surface area contributed by atoms with E-state index in [4.69, 9.17) is 20.9 Å². The van der Waals surface area contributed by atoms with Crippen LogP contribution in [-0.4, -0.2) is 48.3 Å². The second kappa shape index (κ2) is 7.42. The van der Waals surface area contributed by atoms with Crippen molar-refractivity contribution in [3.63, 3.8) is 0 Å². The number of alkyl halides is 3. The molecule has 170 valence electrons. The van der Waals surface area contributed by atoms with Crippen LogP contribution in [0.3, 0.4) is 0 Å². The van der Waals surface area contributed by atoms with Crippen LogP contribution in [-0.2, 0) is 14.3 Å². The predicted molar refractivity (Wildman–Crippen MR) is 104 cm³/mol. The fraction of sp³-hybridized carbons (Fsp3) is 0.750. The third-order valence-corrected chi connectivity index (χ3v) is 6.54. The van der Waals surface area contributed by atoms with Crippen LogP contribution < -0.4 is 16.8 Å². The number of fused-ring (bicyclic) bond motifs is 1. The van der Waals surface area contributed by atoms with Crippen molar-refractivity contribution in [2.45, 2.75) is 58.1 Å². The van der Waals surface area contributed by atoms with E-state index in [1.54, 1.807) is 19.4 Å². The summed E-state index contributed by atoms with van der Waals surface area (Å²) in [5.74, 6) is -5.39. The fourth-order valence-corrected chi connectivity index (χ4v) is 5.31. The number of nitrogens with two attached hydrogens (primary N) is 2. The molecule has 1 aliphatic carbocycles. The normalized spacial score (nSPS) is 41.4. The number of hydrogen-bond donors (Lipinski definition) is 3. The number of hydrogen-bond acceptors (Lipinski definition) is 6. The summed E-state index contributed by atoms with van der Waals surface area (Å²) in [6, 6.07) is 0. The highest BCUT2D eigenvalue weighted by molar-refractivity contribution is 5.80. The summed E-state index contributed by atoms with van der Waals surface area (Å²) in [5.41, 5.74) is 10.6. The zero-order valence-electron chi connectivity index (χ0n) is 17.8. The molecule has 2 heterocycles. The van der Waals surface area contributed by atoms with Gasteiger partial charge in [0.25, 0.3) is 0 Å². The van der Waals surface area contributed by atoms with E-state index >= 15 is 0 Å². The van der Waals surface area contributed by atoms with Crippen molar-refractivity contribution < 1.29 is 27.4 Å². The Morgan fingerprint density at radius 2 is 1.90 bits per heavy atom. The molecule has 0 saturated carbocycles. The number of halogens is 3. The largest absolute Gasteiger partial charge is 0.476 e. The minimum atomic E-state index is -4.72. The van der Waals surface area contributed by atoms with Gasteiger partial charge in [-0.3, -0.25) is 16.3 Å². The summed E-state index contributed by atoms with van der Waals surface area (Å²) >= 11 is 0. The van der Waals surface area contributed by atoms with Crippen LogP contribution in [0.15, 0.2) is 24.6 Å². The van der Waals surface area contributed by atoms with Gasteiger partial charge in [0.15, 0.2) is 12.3 Å². The van der Waals surface area contributed by atoms with E-state index in [0.29, 0.717) is 0 Å². The molecule has 0 aromatic carbocycles. The number of carbonyl (C=O) groups excluding carboxylic acids is 1. The Balaban J connectivity index is 2.04. The summed E-state index contributed by atoms with van der Waals surface area (Å²) in [7, 11) is 1.84. The first kappa shape index (κ1) is 22.9. The third-order valence-electron chi connectivity index (χ3n) is 6.54. The van der Waals surface area contributed by atoms with Crippen LogP contribution in [0.2, 0.25) is 0 Å². The topological polar surface area (TPSA) is 103 Å². The Morgan fingerprint density at radius 3 is 2.40 bits per heavy atom. The molecule has 7 nitrogen and oxygen atoms in total. The fourth-order valence-electron chi connectivity index (χ4n) is 5.31. The van der Waals surface area contributed by atoms with Crippen molar-refractivity contribution in [3.8, 4) is 0 Å². The second-order valence-corrected chi connectivity index (χ2v) is 9.27. The summed E-state index contributed by atoms with van der Waals surface area (Å²) in [6.07, 6.45) is -0.968. The molecule has 3 aliphatic rings. The summed E-state index contributed by atoms with van der Waals surface area (Å²) in [6.45, 7) is 6.73. The SMILES string of the molecule is CC1C=CC(C)(C2OC=CN2C)C2C(C)C(C(=O)NC(C)(N)N)C(C(F)(F)F)OC12. The quantitative estimate of drug-likeness (QED) is 0.465. The number of ether oxygens (including phenoxy) is 2. The van der Waals surface area contributed by atoms with Crippen LogP contribution in [0, 0.1) is 29.1 Å². The Bertz CT molecular complexity index is 736. The number of carbonyl (C=O) groups is 1. The van der Waals surface area contributed by atoms with Crippen molar-refractivity contribution in [3.05, 3.63) is 24.6 Å². The lowest BCUT2D eigenvalue weighted by molar-refractivity contribution is -0.295. The molecule has 3 rings (SSSR count). The minimum Gasteiger partial charge on any atom is -0.476 e. The number of rotatable bonds is 3. The molecule has 30 heavy (non-hydrogen) atoms. The maximum absolute atomic E-state index is 14.0. The molecule has 0 spiro atoms. The first-order valence-corrected chi connectivity index (χ1v) is 10.0. The molecule has 0 bridgehead atoms. The van der Waals surface area contributed by atoms with Gasteiger partial charge in [0.2, 0.25) is 5.91 Å². The van der Waals surface area contributed by atoms with Gasteiger partial charge in [-0.15, -0.1) is 0 Å². The molecule has 10 heteroatoms. The first-order chi connectivity index (χ1) is 13.7. The molecule has 8 atom stereocenters. The monoisotopic (exact) mass is 432 g/mol. The van der Waals surface area contributed by atoms with Gasteiger partial charge in [-0.05, 0) is 12.8 Å². The van der Waals surface area contributed by atoms with E-state index < -0.39 is 59.5 Å². The van der Waals surface area contributed by atoms with Crippen molar-refractivity contribution in [1.29, 1.82) is 0 Å². The van der Waals surface area contributed by atoms with E-state index in [-0.39, 0.29) is 5.92 Å². The zero-order valence-corrected chi connectivity index (χ0v) is 17.8. The van der Waals surface area contributed by atoms with E-state index in [1.165, 1.54) is 6.92 Å². The van der Waals surface area contributed by atoms with E-state index in [2.05, 4.69) is 5.32 Å². The molecule has 2 aliphatic heterocycles. The van der Waals surface area contributed by atoms with E-state index in [9.17, 15) is 18.0 Å². The van der Waals surface area contributed by atoms with Crippen LogP contribution >= 0.6 is 0 Å². The molecule has 0 radical (unpaired) electrons. The van der Waals surface area contributed by atoms with Gasteiger partial charge in [-0.25, -0.2) is 0 Å². The molecule has 5 N–H and O–H groups in total. The lowest BCUT2D eigenvalue weighted by atomic mass is 9.57. The molecule has 1 fully saturated rings. The minimum absolute atomic E-state index is 0.256. The van der Waals surface area contributed by atoms with Gasteiger partial charge in [0.1, 0.15) is 12.0 Å². The second-order valence-electron chi connectivity index (χ2n) is 9.27. The van der Waals surface area contributed by atoms with Gasteiger partial charge >= 0.3 is 6.18 Å². The van der Waals surface area contributed by atoms with Crippen molar-refractivity contribution in [2.24, 2.45) is 40.6 Å². The maximum Gasteiger partial charge on any atom is 0.415 e. The first-order valence-electron chi connectivity index (χ1n) is 10.0. The highest BCUT2D eigenvalue weighted by Crippen LogP contribution is 2.55. The summed E-state index contributed by atoms with van der Waals surface area (Å²) in [4.78, 5) is 14.8. The number of nitrogens with one attached hydrogen (secondary N) is 1. The molecular formula is C20H31F3N4O3. The van der Waals surface area contributed by atoms with Gasteiger partial charge in [0, 0.05) is 30.5 Å². The van der Waals surface area contributed by atoms with Crippen LogP contribution in [0.25, 0.3) is 0 Å². The van der Waals surface area contributed by atoms with Crippen molar-refractivity contribution >= 4 is 5.91 Å². The Morgan fingerprint density at radius 1 is 1.27 bits per heavy atom.